The van der Waals surface area contributed by atoms with Crippen molar-refractivity contribution >= 4 is 11.5 Å². The molecular formula is C16H16N6O2. The monoisotopic (exact) mass is 324 g/mol. The maximum atomic E-state index is 9.63. The number of nitriles is 1. The van der Waals surface area contributed by atoms with Crippen LogP contribution in [0.15, 0.2) is 28.8 Å². The molecule has 0 aliphatic carbocycles. The van der Waals surface area contributed by atoms with Crippen LogP contribution >= 0.6 is 0 Å². The van der Waals surface area contributed by atoms with Gasteiger partial charge in [-0.25, -0.2) is 4.98 Å². The van der Waals surface area contributed by atoms with Crippen LogP contribution in [-0.2, 0) is 4.74 Å². The maximum Gasteiger partial charge on any atom is 0.238 e. The first-order chi connectivity index (χ1) is 11.7. The molecule has 0 unspecified atom stereocenters. The van der Waals surface area contributed by atoms with E-state index in [1.54, 1.807) is 18.4 Å². The molecule has 8 nitrogen and oxygen atoms in total. The largest absolute Gasteiger partial charge is 0.423 e. The van der Waals surface area contributed by atoms with Crippen molar-refractivity contribution in [3.05, 3.63) is 41.9 Å². The summed E-state index contributed by atoms with van der Waals surface area (Å²) in [6.07, 6.45) is 2.55. The molecule has 1 aliphatic rings. The second kappa shape index (κ2) is 5.62. The molecule has 0 amide bonds. The van der Waals surface area contributed by atoms with Gasteiger partial charge in [0, 0.05) is 33.2 Å². The van der Waals surface area contributed by atoms with Gasteiger partial charge < -0.3 is 14.1 Å². The average Bonchev–Trinajstić information content (AvgIpc) is 3.29. The topological polar surface area (TPSA) is 92.5 Å². The number of aromatic nitrogens is 4. The van der Waals surface area contributed by atoms with E-state index < -0.39 is 0 Å². The lowest BCUT2D eigenvalue weighted by molar-refractivity contribution is 0.117. The minimum Gasteiger partial charge on any atom is -0.423 e. The minimum atomic E-state index is -0.159. The Hall–Kier alpha value is -2.92. The fraction of sp³-hybridized carbons (Fsp3) is 0.375. The Morgan fingerprint density at radius 3 is 2.96 bits per heavy atom. The summed E-state index contributed by atoms with van der Waals surface area (Å²) < 4.78 is 12.9. The first-order valence-electron chi connectivity index (χ1n) is 7.68. The van der Waals surface area contributed by atoms with E-state index in [0.717, 1.165) is 5.65 Å². The third-order valence-corrected chi connectivity index (χ3v) is 4.31. The van der Waals surface area contributed by atoms with E-state index in [1.807, 2.05) is 29.3 Å². The Balaban J connectivity index is 1.82. The van der Waals surface area contributed by atoms with E-state index in [-0.39, 0.29) is 12.1 Å². The molecule has 4 rings (SSSR count). The molecule has 0 spiro atoms. The lowest BCUT2D eigenvalue weighted by Crippen LogP contribution is -2.26. The van der Waals surface area contributed by atoms with Crippen LogP contribution in [0.3, 0.4) is 0 Å². The predicted octanol–water partition coefficient (Wildman–Crippen LogP) is 1.86. The van der Waals surface area contributed by atoms with Gasteiger partial charge >= 0.3 is 0 Å². The van der Waals surface area contributed by atoms with Gasteiger partial charge in [0.1, 0.15) is 17.8 Å². The van der Waals surface area contributed by atoms with Gasteiger partial charge in [-0.3, -0.25) is 4.40 Å². The predicted molar refractivity (Wildman–Crippen MR) is 84.4 cm³/mol. The van der Waals surface area contributed by atoms with Gasteiger partial charge in [0.05, 0.1) is 6.10 Å². The molecule has 3 aromatic heterocycles. The van der Waals surface area contributed by atoms with Gasteiger partial charge in [0.25, 0.3) is 0 Å². The van der Waals surface area contributed by atoms with Gasteiger partial charge in [-0.15, -0.1) is 10.2 Å². The first-order valence-corrected chi connectivity index (χ1v) is 7.68. The number of hydrogen-bond acceptors (Lipinski definition) is 7. The Kier molecular flexibility index (Phi) is 3.43. The van der Waals surface area contributed by atoms with Gasteiger partial charge in [-0.05, 0) is 12.1 Å². The highest BCUT2D eigenvalue weighted by atomic mass is 16.5. The van der Waals surface area contributed by atoms with E-state index in [0.29, 0.717) is 36.3 Å². The molecule has 0 radical (unpaired) electrons. The Labute approximate surface area is 138 Å². The van der Waals surface area contributed by atoms with Crippen molar-refractivity contribution in [2.24, 2.45) is 0 Å². The molecule has 0 saturated carbocycles. The number of anilines is 1. The smallest absolute Gasteiger partial charge is 0.238 e. The van der Waals surface area contributed by atoms with Gasteiger partial charge in [-0.2, -0.15) is 5.26 Å². The number of nitrogens with zero attached hydrogens (tertiary/aromatic N) is 6. The van der Waals surface area contributed by atoms with Gasteiger partial charge in [0.15, 0.2) is 11.5 Å². The fourth-order valence-corrected chi connectivity index (χ4v) is 3.17. The van der Waals surface area contributed by atoms with Crippen LogP contribution in [-0.4, -0.2) is 39.3 Å². The summed E-state index contributed by atoms with van der Waals surface area (Å²) >= 11 is 0. The highest BCUT2D eigenvalue weighted by Crippen LogP contribution is 2.37. The second-order valence-corrected chi connectivity index (χ2v) is 5.75. The zero-order chi connectivity index (χ0) is 16.7. The van der Waals surface area contributed by atoms with Crippen LogP contribution in [0.5, 0.6) is 0 Å². The number of methoxy groups -OCH3 is 1. The molecule has 122 valence electrons. The number of aryl methyl sites for hydroxylation is 1. The lowest BCUT2D eigenvalue weighted by Gasteiger charge is -2.21. The standard InChI is InChI=1S/C16H16N6O2/c1-10-19-20-16(24-10)12-7-11(23-2)9-22(12)15-13(8-17)21-6-4-3-5-14(21)18-15/h3-6,11-12H,7,9H2,1-2H3/t11-,12-/m1/s1. The van der Waals surface area contributed by atoms with Crippen LogP contribution in [0.25, 0.3) is 5.65 Å². The maximum absolute atomic E-state index is 9.63. The number of ether oxygens (including phenoxy) is 1. The van der Waals surface area contributed by atoms with E-state index in [1.165, 1.54) is 0 Å². The quantitative estimate of drug-likeness (QED) is 0.726. The van der Waals surface area contributed by atoms with Crippen molar-refractivity contribution in [2.75, 3.05) is 18.6 Å². The number of hydrogen-bond donors (Lipinski definition) is 0. The second-order valence-electron chi connectivity index (χ2n) is 5.75. The highest BCUT2D eigenvalue weighted by molar-refractivity contribution is 5.61. The third-order valence-electron chi connectivity index (χ3n) is 4.31. The number of rotatable bonds is 3. The fourth-order valence-electron chi connectivity index (χ4n) is 3.17. The molecule has 8 heteroatoms. The van der Waals surface area contributed by atoms with Crippen LogP contribution in [0.1, 0.15) is 29.9 Å². The molecule has 0 N–H and O–H groups in total. The number of pyridine rings is 1. The van der Waals surface area contributed by atoms with E-state index in [2.05, 4.69) is 21.3 Å². The average molecular weight is 324 g/mol. The van der Waals surface area contributed by atoms with Crippen LogP contribution in [0, 0.1) is 18.3 Å². The Morgan fingerprint density at radius 2 is 2.25 bits per heavy atom. The van der Waals surface area contributed by atoms with E-state index in [4.69, 9.17) is 9.15 Å². The first kappa shape index (κ1) is 14.7. The molecule has 1 fully saturated rings. The van der Waals surface area contributed by atoms with Crippen LogP contribution in [0.4, 0.5) is 5.82 Å². The SMILES string of the molecule is CO[C@@H]1C[C@H](c2nnc(C)o2)N(c2nc3ccccn3c2C#N)C1. The van der Waals surface area contributed by atoms with Crippen molar-refractivity contribution < 1.29 is 9.15 Å². The summed E-state index contributed by atoms with van der Waals surface area (Å²) in [5, 5.41) is 17.7. The molecule has 2 atom stereocenters. The molecular weight excluding hydrogens is 308 g/mol. The van der Waals surface area contributed by atoms with E-state index >= 15 is 0 Å². The molecule has 4 heterocycles. The van der Waals surface area contributed by atoms with Crippen LogP contribution in [0.2, 0.25) is 0 Å². The summed E-state index contributed by atoms with van der Waals surface area (Å²) in [7, 11) is 1.68. The van der Waals surface area contributed by atoms with Crippen molar-refractivity contribution in [3.8, 4) is 6.07 Å². The summed E-state index contributed by atoms with van der Waals surface area (Å²) in [5.41, 5.74) is 1.22. The van der Waals surface area contributed by atoms with Crippen molar-refractivity contribution in [2.45, 2.75) is 25.5 Å². The number of imidazole rings is 1. The number of fused-ring (bicyclic) bond motifs is 1. The Morgan fingerprint density at radius 1 is 1.38 bits per heavy atom. The third kappa shape index (κ3) is 2.21. The van der Waals surface area contributed by atoms with Gasteiger partial charge in [0.2, 0.25) is 11.8 Å². The van der Waals surface area contributed by atoms with Crippen molar-refractivity contribution in [1.29, 1.82) is 5.26 Å². The summed E-state index contributed by atoms with van der Waals surface area (Å²) in [6.45, 7) is 2.37. The molecule has 24 heavy (non-hydrogen) atoms. The molecule has 3 aromatic rings. The van der Waals surface area contributed by atoms with Crippen molar-refractivity contribution in [3.63, 3.8) is 0 Å². The lowest BCUT2D eigenvalue weighted by atomic mass is 10.2. The zero-order valence-corrected chi connectivity index (χ0v) is 13.4. The normalized spacial score (nSPS) is 20.6. The highest BCUT2D eigenvalue weighted by Gasteiger charge is 2.39. The summed E-state index contributed by atoms with van der Waals surface area (Å²) in [4.78, 5) is 6.66. The molecule has 0 bridgehead atoms. The van der Waals surface area contributed by atoms with Crippen molar-refractivity contribution in [1.82, 2.24) is 19.6 Å². The molecule has 1 saturated heterocycles. The summed E-state index contributed by atoms with van der Waals surface area (Å²) in [5.74, 6) is 1.65. The zero-order valence-electron chi connectivity index (χ0n) is 13.4. The molecule has 1 aliphatic heterocycles. The van der Waals surface area contributed by atoms with E-state index in [9.17, 15) is 5.26 Å². The van der Waals surface area contributed by atoms with Crippen LogP contribution < -0.4 is 4.90 Å². The summed E-state index contributed by atoms with van der Waals surface area (Å²) in [6, 6.07) is 7.74. The Bertz CT molecular complexity index is 924. The minimum absolute atomic E-state index is 0.0126. The molecule has 0 aromatic carbocycles. The van der Waals surface area contributed by atoms with Gasteiger partial charge in [-0.1, -0.05) is 6.07 Å².